The second-order valence-electron chi connectivity index (χ2n) is 7.00. The predicted octanol–water partition coefficient (Wildman–Crippen LogP) is 4.78. The van der Waals surface area contributed by atoms with Crippen molar-refractivity contribution in [3.05, 3.63) is 50.9 Å². The van der Waals surface area contributed by atoms with Gasteiger partial charge in [0, 0.05) is 47.8 Å². The Morgan fingerprint density at radius 3 is 2.66 bits per heavy atom. The number of rotatable bonds is 7. The van der Waals surface area contributed by atoms with Gasteiger partial charge in [0.1, 0.15) is 5.01 Å². The third-order valence-electron chi connectivity index (χ3n) is 5.16. The molecule has 1 saturated heterocycles. The highest BCUT2D eigenvalue weighted by atomic mass is 127. The van der Waals surface area contributed by atoms with Crippen LogP contribution in [0.25, 0.3) is 0 Å². The van der Waals surface area contributed by atoms with Crippen molar-refractivity contribution in [3.8, 4) is 0 Å². The van der Waals surface area contributed by atoms with Crippen molar-refractivity contribution >= 4 is 52.9 Å². The monoisotopic (exact) mass is 548 g/mol. The quantitative estimate of drug-likeness (QED) is 0.297. The second-order valence-corrected chi connectivity index (χ2v) is 8.60. The van der Waals surface area contributed by atoms with Crippen LogP contribution in [0.15, 0.2) is 35.5 Å². The van der Waals surface area contributed by atoms with Crippen LogP contribution in [-0.4, -0.2) is 37.2 Å². The lowest BCUT2D eigenvalue weighted by Crippen LogP contribution is -2.48. The van der Waals surface area contributed by atoms with Crippen molar-refractivity contribution < 1.29 is 4.74 Å². The molecule has 0 atom stereocenters. The maximum absolute atomic E-state index is 6.56. The number of guanidine groups is 1. The summed E-state index contributed by atoms with van der Waals surface area (Å²) in [4.78, 5) is 10.5. The molecule has 2 aromatic rings. The van der Waals surface area contributed by atoms with E-state index in [1.165, 1.54) is 10.4 Å². The van der Waals surface area contributed by atoms with E-state index >= 15 is 0 Å². The Hall–Kier alpha value is -0.900. The molecule has 0 bridgehead atoms. The van der Waals surface area contributed by atoms with Gasteiger partial charge in [-0.15, -0.1) is 35.3 Å². The molecule has 1 aliphatic rings. The number of ether oxygens (including phenoxy) is 1. The maximum Gasteiger partial charge on any atom is 0.191 e. The molecule has 0 unspecified atom stereocenters. The van der Waals surface area contributed by atoms with E-state index in [0.29, 0.717) is 6.54 Å². The zero-order chi connectivity index (χ0) is 19.8. The first-order valence-corrected chi connectivity index (χ1v) is 11.1. The summed E-state index contributed by atoms with van der Waals surface area (Å²) >= 11 is 8.29. The van der Waals surface area contributed by atoms with Gasteiger partial charge in [-0.1, -0.05) is 36.7 Å². The largest absolute Gasteiger partial charge is 0.381 e. The molecule has 1 fully saturated rings. The average molecular weight is 549 g/mol. The number of thiazole rings is 1. The average Bonchev–Trinajstić information content (AvgIpc) is 3.19. The Balaban J connectivity index is 0.00000300. The summed E-state index contributed by atoms with van der Waals surface area (Å²) in [5.41, 5.74) is 1.14. The molecule has 160 valence electrons. The Morgan fingerprint density at radius 2 is 2.00 bits per heavy atom. The molecule has 0 radical (unpaired) electrons. The highest BCUT2D eigenvalue weighted by Crippen LogP contribution is 2.38. The van der Waals surface area contributed by atoms with Crippen LogP contribution in [0.5, 0.6) is 0 Å². The lowest BCUT2D eigenvalue weighted by Gasteiger charge is -2.38. The van der Waals surface area contributed by atoms with Gasteiger partial charge in [-0.25, -0.2) is 9.98 Å². The zero-order valence-corrected chi connectivity index (χ0v) is 20.9. The van der Waals surface area contributed by atoms with Gasteiger partial charge in [0.25, 0.3) is 0 Å². The number of aliphatic imine (C=N–C) groups is 1. The van der Waals surface area contributed by atoms with E-state index in [9.17, 15) is 0 Å². The summed E-state index contributed by atoms with van der Waals surface area (Å²) in [5.74, 6) is 0.814. The van der Waals surface area contributed by atoms with Gasteiger partial charge in [-0.05, 0) is 37.8 Å². The molecule has 29 heavy (non-hydrogen) atoms. The van der Waals surface area contributed by atoms with E-state index in [-0.39, 0.29) is 29.4 Å². The molecule has 8 heteroatoms. The molecule has 3 rings (SSSR count). The van der Waals surface area contributed by atoms with Gasteiger partial charge in [-0.3, -0.25) is 0 Å². The first-order chi connectivity index (χ1) is 13.7. The summed E-state index contributed by atoms with van der Waals surface area (Å²) in [6.07, 6.45) is 4.84. The van der Waals surface area contributed by atoms with Crippen LogP contribution in [0.1, 0.15) is 42.1 Å². The molecule has 2 N–H and O–H groups in total. The third kappa shape index (κ3) is 6.54. The minimum absolute atomic E-state index is 0. The number of benzene rings is 1. The van der Waals surface area contributed by atoms with Crippen molar-refractivity contribution in [3.63, 3.8) is 0 Å². The molecule has 1 aromatic carbocycles. The normalized spacial score (nSPS) is 16.2. The second kappa shape index (κ2) is 12.1. The van der Waals surface area contributed by atoms with Gasteiger partial charge < -0.3 is 15.4 Å². The summed E-state index contributed by atoms with van der Waals surface area (Å²) in [6.45, 7) is 7.89. The molecule has 0 amide bonds. The van der Waals surface area contributed by atoms with Gasteiger partial charge >= 0.3 is 0 Å². The van der Waals surface area contributed by atoms with Crippen LogP contribution in [0.2, 0.25) is 5.02 Å². The molecule has 0 saturated carbocycles. The van der Waals surface area contributed by atoms with Gasteiger partial charge in [0.15, 0.2) is 5.96 Å². The standard InChI is InChI=1S/C21H29ClN4OS.HI/c1-3-16-13-24-19(28-16)14-25-20(23-4-2)26-15-21(9-11-27-12-10-21)17-7-5-6-8-18(17)22;/h5-8,13H,3-4,9-12,14-15H2,1-2H3,(H2,23,25,26);1H. The highest BCUT2D eigenvalue weighted by Gasteiger charge is 2.36. The van der Waals surface area contributed by atoms with Crippen LogP contribution in [0, 0.1) is 0 Å². The molecular weight excluding hydrogens is 519 g/mol. The molecule has 0 spiro atoms. The fourth-order valence-corrected chi connectivity index (χ4v) is 4.64. The van der Waals surface area contributed by atoms with Crippen LogP contribution in [0.4, 0.5) is 0 Å². The Morgan fingerprint density at radius 1 is 1.24 bits per heavy atom. The number of nitrogens with one attached hydrogen (secondary N) is 2. The van der Waals surface area contributed by atoms with Crippen molar-refractivity contribution in [2.24, 2.45) is 4.99 Å². The molecule has 0 aliphatic carbocycles. The fourth-order valence-electron chi connectivity index (χ4n) is 3.52. The number of hydrogen-bond acceptors (Lipinski definition) is 4. The number of nitrogens with zero attached hydrogens (tertiary/aromatic N) is 2. The number of aryl methyl sites for hydroxylation is 1. The van der Waals surface area contributed by atoms with E-state index in [1.807, 2.05) is 18.3 Å². The summed E-state index contributed by atoms with van der Waals surface area (Å²) in [6, 6.07) is 8.16. The van der Waals surface area contributed by atoms with E-state index in [2.05, 4.69) is 41.6 Å². The topological polar surface area (TPSA) is 58.5 Å². The molecule has 1 aromatic heterocycles. The maximum atomic E-state index is 6.56. The molecule has 2 heterocycles. The van der Waals surface area contributed by atoms with E-state index in [0.717, 1.165) is 61.6 Å². The van der Waals surface area contributed by atoms with E-state index in [4.69, 9.17) is 21.3 Å². The minimum Gasteiger partial charge on any atom is -0.381 e. The number of aromatic nitrogens is 1. The first-order valence-electron chi connectivity index (χ1n) is 9.95. The molecule has 5 nitrogen and oxygen atoms in total. The van der Waals surface area contributed by atoms with Crippen molar-refractivity contribution in [2.75, 3.05) is 26.3 Å². The summed E-state index contributed by atoms with van der Waals surface area (Å²) < 4.78 is 5.64. The Kier molecular flexibility index (Phi) is 10.1. The smallest absolute Gasteiger partial charge is 0.191 e. The van der Waals surface area contributed by atoms with Crippen molar-refractivity contribution in [2.45, 2.75) is 45.1 Å². The Bertz CT molecular complexity index is 792. The number of hydrogen-bond donors (Lipinski definition) is 2. The molecule has 1 aliphatic heterocycles. The van der Waals surface area contributed by atoms with Gasteiger partial charge in [0.2, 0.25) is 0 Å². The van der Waals surface area contributed by atoms with Crippen LogP contribution >= 0.6 is 46.9 Å². The zero-order valence-electron chi connectivity index (χ0n) is 17.0. The lowest BCUT2D eigenvalue weighted by molar-refractivity contribution is 0.0514. The SMILES string of the molecule is CCNC(=NCc1ncc(CC)s1)NCC1(c2ccccc2Cl)CCOCC1.I. The van der Waals surface area contributed by atoms with Crippen LogP contribution < -0.4 is 10.6 Å². The lowest BCUT2D eigenvalue weighted by atomic mass is 9.74. The Labute approximate surface area is 199 Å². The fraction of sp³-hybridized carbons (Fsp3) is 0.524. The first kappa shape index (κ1) is 24.4. The highest BCUT2D eigenvalue weighted by molar-refractivity contribution is 14.0. The molecular formula is C21H30ClIN4OS. The van der Waals surface area contributed by atoms with Crippen LogP contribution in [0.3, 0.4) is 0 Å². The van der Waals surface area contributed by atoms with E-state index in [1.54, 1.807) is 11.3 Å². The van der Waals surface area contributed by atoms with Gasteiger partial charge in [-0.2, -0.15) is 0 Å². The third-order valence-corrected chi connectivity index (χ3v) is 6.61. The predicted molar refractivity (Wildman–Crippen MR) is 133 cm³/mol. The summed E-state index contributed by atoms with van der Waals surface area (Å²) in [7, 11) is 0. The van der Waals surface area contributed by atoms with E-state index < -0.39 is 0 Å². The number of halogens is 2. The summed E-state index contributed by atoms with van der Waals surface area (Å²) in [5, 5.41) is 8.76. The van der Waals surface area contributed by atoms with Crippen molar-refractivity contribution in [1.29, 1.82) is 0 Å². The van der Waals surface area contributed by atoms with Crippen LogP contribution in [-0.2, 0) is 23.1 Å². The van der Waals surface area contributed by atoms with Gasteiger partial charge in [0.05, 0.1) is 6.54 Å². The minimum atomic E-state index is -0.0522. The van der Waals surface area contributed by atoms with Crippen molar-refractivity contribution in [1.82, 2.24) is 15.6 Å².